The second-order valence-corrected chi connectivity index (χ2v) is 14.2. The van der Waals surface area contributed by atoms with Crippen LogP contribution in [0.2, 0.25) is 0 Å². The number of carbonyl (C=O) groups excluding carboxylic acids is 1. The summed E-state index contributed by atoms with van der Waals surface area (Å²) in [5.41, 5.74) is -0.179. The molecule has 196 valence electrons. The number of rotatable bonds is 7. The molecule has 0 aliphatic heterocycles. The summed E-state index contributed by atoms with van der Waals surface area (Å²) in [5.74, 6) is 2.95. The van der Waals surface area contributed by atoms with Gasteiger partial charge in [0.15, 0.2) is 10.7 Å². The van der Waals surface area contributed by atoms with Crippen molar-refractivity contribution in [3.8, 4) is 0 Å². The van der Waals surface area contributed by atoms with Crippen LogP contribution in [0.4, 0.5) is 0 Å². The Morgan fingerprint density at radius 3 is 2.71 bits per heavy atom. The van der Waals surface area contributed by atoms with Gasteiger partial charge in [0.25, 0.3) is 0 Å². The number of nitrogens with zero attached hydrogens (tertiary/aromatic N) is 2. The van der Waals surface area contributed by atoms with Crippen molar-refractivity contribution in [2.24, 2.45) is 40.4 Å². The molecule has 1 unspecified atom stereocenters. The van der Waals surface area contributed by atoms with Gasteiger partial charge in [-0.05, 0) is 117 Å². The number of hydrogen-bond acceptors (Lipinski definition) is 5. The van der Waals surface area contributed by atoms with Crippen LogP contribution in [0, 0.1) is 40.4 Å². The maximum Gasteiger partial charge on any atom is 0.190 e. The van der Waals surface area contributed by atoms with Crippen LogP contribution < -0.4 is 0 Å². The predicted octanol–water partition coefficient (Wildman–Crippen LogP) is 4.62. The molecule has 4 aliphatic carbocycles. The van der Waals surface area contributed by atoms with E-state index in [1.54, 1.807) is 23.3 Å². The van der Waals surface area contributed by atoms with Crippen LogP contribution in [-0.4, -0.2) is 50.8 Å². The summed E-state index contributed by atoms with van der Waals surface area (Å²) in [5, 5.41) is 15.2. The highest BCUT2D eigenvalue weighted by Crippen LogP contribution is 2.69. The Hall–Kier alpha value is -0.890. The molecule has 1 heterocycles. The number of Topliss-reactive ketones (excluding diaryl/α,β-unsaturated/α-hetero) is 1. The Morgan fingerprint density at radius 2 is 2.00 bits per heavy atom. The van der Waals surface area contributed by atoms with E-state index >= 15 is 0 Å². The maximum atomic E-state index is 13.5. The Morgan fingerprint density at radius 1 is 1.20 bits per heavy atom. The topological polar surface area (TPSA) is 87.4 Å². The molecule has 1 aromatic rings. The van der Waals surface area contributed by atoms with Gasteiger partial charge in [0.1, 0.15) is 12.5 Å². The van der Waals surface area contributed by atoms with Gasteiger partial charge in [0.2, 0.25) is 0 Å². The minimum absolute atomic E-state index is 0.0667. The summed E-state index contributed by atoms with van der Waals surface area (Å²) in [7, 11) is 1.82. The lowest BCUT2D eigenvalue weighted by Gasteiger charge is -2.63. The molecular weight excluding hydrogens is 460 g/mol. The molecule has 0 bridgehead atoms. The molecule has 0 spiro atoms. The minimum Gasteiger partial charge on any atom is -0.612 e. The maximum absolute atomic E-state index is 13.5. The van der Waals surface area contributed by atoms with Crippen molar-refractivity contribution >= 4 is 17.0 Å². The number of carbonyl (C=O) groups is 1. The number of ketones is 1. The van der Waals surface area contributed by atoms with Crippen molar-refractivity contribution in [2.45, 2.75) is 95.1 Å². The number of ether oxygens (including phenoxy) is 1. The Balaban J connectivity index is 1.35. The number of aromatic nitrogens is 2. The molecule has 4 saturated carbocycles. The van der Waals surface area contributed by atoms with E-state index in [9.17, 15) is 14.5 Å². The molecule has 0 aromatic carbocycles. The van der Waals surface area contributed by atoms with Gasteiger partial charge < -0.3 is 14.4 Å². The Labute approximate surface area is 213 Å². The van der Waals surface area contributed by atoms with Crippen LogP contribution in [0.25, 0.3) is 0 Å². The van der Waals surface area contributed by atoms with Crippen LogP contribution in [0.15, 0.2) is 17.3 Å². The van der Waals surface area contributed by atoms with Crippen molar-refractivity contribution in [1.29, 1.82) is 0 Å². The van der Waals surface area contributed by atoms with Gasteiger partial charge in [0, 0.05) is 19.6 Å². The van der Waals surface area contributed by atoms with Gasteiger partial charge in [-0.2, -0.15) is 5.10 Å². The van der Waals surface area contributed by atoms with Crippen molar-refractivity contribution in [3.63, 3.8) is 0 Å². The minimum atomic E-state index is -1.08. The lowest BCUT2D eigenvalue weighted by atomic mass is 9.42. The second kappa shape index (κ2) is 9.45. The Kier molecular flexibility index (Phi) is 6.95. The molecule has 1 N–H and O–H groups in total. The van der Waals surface area contributed by atoms with E-state index < -0.39 is 16.8 Å². The SMILES string of the molecule is COCC[C@]12CC[C@@](C)(O)C[C@@H]1CC[C@H]1[C@@H]3CC[C@H](C(=O)Cn4cc([S+](C)[O-])cn4)[C@@]3(C)CC[C@@H]12. The normalized spacial score (nSPS) is 43.8. The van der Waals surface area contributed by atoms with Crippen LogP contribution in [0.3, 0.4) is 0 Å². The lowest BCUT2D eigenvalue weighted by Crippen LogP contribution is -2.57. The highest BCUT2D eigenvalue weighted by atomic mass is 32.2. The number of hydrogen-bond donors (Lipinski definition) is 1. The van der Waals surface area contributed by atoms with Crippen molar-refractivity contribution < 1.29 is 19.2 Å². The largest absolute Gasteiger partial charge is 0.612 e. The lowest BCUT2D eigenvalue weighted by molar-refractivity contribution is -0.163. The average molecular weight is 505 g/mol. The molecule has 4 aliphatic rings. The molecule has 1 aromatic heterocycles. The molecule has 35 heavy (non-hydrogen) atoms. The molecule has 7 heteroatoms. The third-order valence-electron chi connectivity index (χ3n) is 11.1. The van der Waals surface area contributed by atoms with E-state index in [1.165, 1.54) is 19.3 Å². The number of methoxy groups -OCH3 is 1. The molecule has 5 rings (SSSR count). The monoisotopic (exact) mass is 504 g/mol. The van der Waals surface area contributed by atoms with Gasteiger partial charge in [-0.1, -0.05) is 6.92 Å². The van der Waals surface area contributed by atoms with Crippen molar-refractivity contribution in [1.82, 2.24) is 9.78 Å². The fourth-order valence-electron chi connectivity index (χ4n) is 9.40. The van der Waals surface area contributed by atoms with Gasteiger partial charge in [-0.15, -0.1) is 0 Å². The summed E-state index contributed by atoms with van der Waals surface area (Å²) in [6, 6.07) is 0. The fraction of sp³-hybridized carbons (Fsp3) is 0.857. The highest BCUT2D eigenvalue weighted by molar-refractivity contribution is 7.90. The molecule has 6 nitrogen and oxygen atoms in total. The van der Waals surface area contributed by atoms with E-state index in [0.29, 0.717) is 34.4 Å². The quantitative estimate of drug-likeness (QED) is 0.548. The molecule has 0 radical (unpaired) electrons. The van der Waals surface area contributed by atoms with E-state index in [2.05, 4.69) is 12.0 Å². The third-order valence-corrected chi connectivity index (χ3v) is 11.9. The zero-order valence-corrected chi connectivity index (χ0v) is 22.8. The Bertz CT molecular complexity index is 932. The van der Waals surface area contributed by atoms with Gasteiger partial charge >= 0.3 is 0 Å². The first kappa shape index (κ1) is 25.7. The molecule has 9 atom stereocenters. The zero-order valence-electron chi connectivity index (χ0n) is 22.0. The first-order valence-corrected chi connectivity index (χ1v) is 15.3. The van der Waals surface area contributed by atoms with Crippen LogP contribution in [0.5, 0.6) is 0 Å². The first-order valence-electron chi connectivity index (χ1n) is 13.7. The van der Waals surface area contributed by atoms with Crippen molar-refractivity contribution in [2.75, 3.05) is 20.0 Å². The summed E-state index contributed by atoms with van der Waals surface area (Å²) in [4.78, 5) is 14.2. The van der Waals surface area contributed by atoms with Crippen LogP contribution in [-0.2, 0) is 27.3 Å². The average Bonchev–Trinajstić information content (AvgIpc) is 3.41. The van der Waals surface area contributed by atoms with Gasteiger partial charge in [-0.25, -0.2) is 0 Å². The predicted molar refractivity (Wildman–Crippen MR) is 136 cm³/mol. The first-order chi connectivity index (χ1) is 16.6. The van der Waals surface area contributed by atoms with Crippen LogP contribution >= 0.6 is 0 Å². The molecule has 4 fully saturated rings. The molecule has 0 saturated heterocycles. The summed E-state index contributed by atoms with van der Waals surface area (Å²) in [6.07, 6.45) is 16.0. The highest BCUT2D eigenvalue weighted by Gasteiger charge is 2.62. The third kappa shape index (κ3) is 4.42. The van der Waals surface area contributed by atoms with E-state index in [-0.39, 0.29) is 23.3 Å². The van der Waals surface area contributed by atoms with Gasteiger partial charge in [-0.3, -0.25) is 9.48 Å². The molecular formula is C28H44N2O4S. The summed E-state index contributed by atoms with van der Waals surface area (Å²) < 4.78 is 19.0. The summed E-state index contributed by atoms with van der Waals surface area (Å²) in [6.45, 7) is 5.52. The van der Waals surface area contributed by atoms with E-state index in [1.807, 2.05) is 14.0 Å². The summed E-state index contributed by atoms with van der Waals surface area (Å²) >= 11 is -1.08. The number of aliphatic hydroxyl groups is 1. The van der Waals surface area contributed by atoms with Crippen molar-refractivity contribution in [3.05, 3.63) is 12.4 Å². The zero-order chi connectivity index (χ0) is 25.0. The van der Waals surface area contributed by atoms with E-state index in [4.69, 9.17) is 4.74 Å². The van der Waals surface area contributed by atoms with Crippen LogP contribution in [0.1, 0.15) is 78.1 Å². The number of fused-ring (bicyclic) bond motifs is 5. The fourth-order valence-corrected chi connectivity index (χ4v) is 9.87. The molecule has 0 amide bonds. The second-order valence-electron chi connectivity index (χ2n) is 12.8. The standard InChI is InChI=1S/C28H44N2O4S/c1-26(32)11-12-28(13-14-34-3)19(15-26)5-6-21-22-7-8-24(27(22,2)10-9-23(21)28)25(31)18-30-17-20(16-29-30)35(4)33/h16-17,19,21-24,32H,5-15,18H2,1-4H3/t19-,21-,22-,23-,24+,26+,27-,28+,35?/m0/s1. The smallest absolute Gasteiger partial charge is 0.190 e. The van der Waals surface area contributed by atoms with E-state index in [0.717, 1.165) is 51.6 Å². The van der Waals surface area contributed by atoms with Gasteiger partial charge in [0.05, 0.1) is 18.3 Å².